The van der Waals surface area contributed by atoms with Crippen LogP contribution in [0.15, 0.2) is 24.3 Å². The molecule has 19 heavy (non-hydrogen) atoms. The van der Waals surface area contributed by atoms with Crippen LogP contribution in [0.3, 0.4) is 0 Å². The predicted molar refractivity (Wildman–Crippen MR) is 69.4 cm³/mol. The van der Waals surface area contributed by atoms with Gasteiger partial charge in [-0.05, 0) is 24.5 Å². The number of nitrogens with one attached hydrogen (secondary N) is 1. The topological polar surface area (TPSA) is 38.3 Å². The summed E-state index contributed by atoms with van der Waals surface area (Å²) in [6.45, 7) is 1.36. The van der Waals surface area contributed by atoms with Crippen molar-refractivity contribution in [2.45, 2.75) is 31.3 Å². The number of carbonyl (C=O) groups is 1. The second kappa shape index (κ2) is 5.39. The van der Waals surface area contributed by atoms with Gasteiger partial charge in [0.1, 0.15) is 11.6 Å². The highest BCUT2D eigenvalue weighted by Crippen LogP contribution is 2.26. The number of morpholine rings is 1. The first-order valence-corrected chi connectivity index (χ1v) is 6.82. The molecule has 1 aromatic rings. The Hall–Kier alpha value is -1.26. The molecule has 3 nitrogen and oxygen atoms in total. The van der Waals surface area contributed by atoms with Gasteiger partial charge in [0.05, 0.1) is 13.2 Å². The van der Waals surface area contributed by atoms with Gasteiger partial charge in [-0.1, -0.05) is 18.2 Å². The second-order valence-electron chi connectivity index (χ2n) is 5.50. The first-order valence-electron chi connectivity index (χ1n) is 6.82. The molecule has 1 N–H and O–H groups in total. The van der Waals surface area contributed by atoms with Crippen molar-refractivity contribution in [3.8, 4) is 0 Å². The molecule has 2 fully saturated rings. The Morgan fingerprint density at radius 2 is 1.95 bits per heavy atom. The molecule has 2 aliphatic heterocycles. The maximum absolute atomic E-state index is 13.6. The number of ether oxygens (including phenoxy) is 1. The van der Waals surface area contributed by atoms with Gasteiger partial charge in [-0.15, -0.1) is 0 Å². The lowest BCUT2D eigenvalue weighted by atomic mass is 9.82. The average Bonchev–Trinajstić information content (AvgIpc) is 2.41. The number of rotatable bonds is 3. The van der Waals surface area contributed by atoms with Crippen LogP contribution in [0.1, 0.15) is 18.4 Å². The van der Waals surface area contributed by atoms with Gasteiger partial charge in [0.2, 0.25) is 0 Å². The maximum Gasteiger partial charge on any atom is 0.140 e. The summed E-state index contributed by atoms with van der Waals surface area (Å²) in [5.74, 6) is -0.0865. The van der Waals surface area contributed by atoms with Crippen molar-refractivity contribution >= 4 is 5.78 Å². The zero-order chi connectivity index (χ0) is 13.2. The molecule has 0 saturated carbocycles. The highest BCUT2D eigenvalue weighted by molar-refractivity contribution is 5.83. The molecular weight excluding hydrogens is 245 g/mol. The summed E-state index contributed by atoms with van der Waals surface area (Å²) in [7, 11) is 0. The molecule has 2 bridgehead atoms. The third-order valence-corrected chi connectivity index (χ3v) is 4.03. The summed E-state index contributed by atoms with van der Waals surface area (Å²) in [6, 6.07) is 7.09. The van der Waals surface area contributed by atoms with E-state index in [1.807, 2.05) is 0 Å². The molecule has 2 heterocycles. The number of benzene rings is 1. The van der Waals surface area contributed by atoms with Gasteiger partial charge in [-0.2, -0.15) is 0 Å². The van der Waals surface area contributed by atoms with Gasteiger partial charge in [-0.25, -0.2) is 4.39 Å². The van der Waals surface area contributed by atoms with Crippen molar-refractivity contribution in [2.75, 3.05) is 13.2 Å². The van der Waals surface area contributed by atoms with Crippen LogP contribution >= 0.6 is 0 Å². The van der Waals surface area contributed by atoms with E-state index in [2.05, 4.69) is 5.32 Å². The van der Waals surface area contributed by atoms with Crippen LogP contribution in [0.5, 0.6) is 0 Å². The Labute approximate surface area is 112 Å². The van der Waals surface area contributed by atoms with E-state index in [0.29, 0.717) is 18.8 Å². The van der Waals surface area contributed by atoms with Crippen LogP contribution < -0.4 is 5.32 Å². The molecule has 0 radical (unpaired) electrons. The molecule has 0 amide bonds. The maximum atomic E-state index is 13.6. The van der Waals surface area contributed by atoms with Gasteiger partial charge in [0.15, 0.2) is 0 Å². The van der Waals surface area contributed by atoms with E-state index in [9.17, 15) is 9.18 Å². The van der Waals surface area contributed by atoms with Gasteiger partial charge in [0, 0.05) is 24.4 Å². The summed E-state index contributed by atoms with van der Waals surface area (Å²) in [5, 5.41) is 3.46. The molecule has 1 aromatic carbocycles. The number of carbonyl (C=O) groups excluding carboxylic acids is 1. The minimum Gasteiger partial charge on any atom is -0.378 e. The fourth-order valence-corrected chi connectivity index (χ4v) is 3.07. The average molecular weight is 263 g/mol. The highest BCUT2D eigenvalue weighted by Gasteiger charge is 2.35. The minimum absolute atomic E-state index is 0.0414. The first-order chi connectivity index (χ1) is 9.22. The zero-order valence-electron chi connectivity index (χ0n) is 10.8. The molecule has 2 saturated heterocycles. The number of halogens is 1. The van der Waals surface area contributed by atoms with E-state index in [4.69, 9.17) is 4.74 Å². The van der Waals surface area contributed by atoms with Gasteiger partial charge in [0.25, 0.3) is 0 Å². The van der Waals surface area contributed by atoms with Gasteiger partial charge < -0.3 is 10.1 Å². The second-order valence-corrected chi connectivity index (χ2v) is 5.50. The van der Waals surface area contributed by atoms with E-state index in [1.165, 1.54) is 6.07 Å². The van der Waals surface area contributed by atoms with Crippen molar-refractivity contribution in [1.82, 2.24) is 5.32 Å². The van der Waals surface area contributed by atoms with Crippen molar-refractivity contribution in [3.63, 3.8) is 0 Å². The third-order valence-electron chi connectivity index (χ3n) is 4.03. The molecule has 0 aromatic heterocycles. The Bertz CT molecular complexity index is 465. The standard InChI is InChI=1S/C15H18FNO2/c16-14-4-2-1-3-10(14)7-15(18)11-5-12-8-19-9-13(6-11)17-12/h1-4,11-13,17H,5-9H2. The molecular formula is C15H18FNO2. The predicted octanol–water partition coefficient (Wildman–Crippen LogP) is 1.70. The van der Waals surface area contributed by atoms with E-state index in [1.54, 1.807) is 18.2 Å². The van der Waals surface area contributed by atoms with E-state index < -0.39 is 0 Å². The normalized spacial score (nSPS) is 30.1. The number of piperidine rings is 1. The Morgan fingerprint density at radius 3 is 2.63 bits per heavy atom. The molecule has 2 aliphatic rings. The summed E-state index contributed by atoms with van der Waals surface area (Å²) < 4.78 is 19.0. The Morgan fingerprint density at radius 1 is 1.26 bits per heavy atom. The number of hydrogen-bond donors (Lipinski definition) is 1. The van der Waals surface area contributed by atoms with Crippen molar-refractivity contribution in [2.24, 2.45) is 5.92 Å². The summed E-state index contributed by atoms with van der Waals surface area (Å²) in [6.07, 6.45) is 1.82. The molecule has 0 aliphatic carbocycles. The number of hydrogen-bond acceptors (Lipinski definition) is 3. The Balaban J connectivity index is 1.66. The monoisotopic (exact) mass is 263 g/mol. The summed E-state index contributed by atoms with van der Waals surface area (Å²) in [5.41, 5.74) is 0.507. The van der Waals surface area contributed by atoms with Crippen LogP contribution in [0.2, 0.25) is 0 Å². The fraction of sp³-hybridized carbons (Fsp3) is 0.533. The van der Waals surface area contributed by atoms with Crippen LogP contribution in [0, 0.1) is 11.7 Å². The lowest BCUT2D eigenvalue weighted by Crippen LogP contribution is -2.55. The molecule has 2 atom stereocenters. The highest BCUT2D eigenvalue weighted by atomic mass is 19.1. The lowest BCUT2D eigenvalue weighted by molar-refractivity contribution is -0.125. The van der Waals surface area contributed by atoms with E-state index >= 15 is 0 Å². The molecule has 2 unspecified atom stereocenters. The van der Waals surface area contributed by atoms with Crippen LogP contribution in [-0.2, 0) is 16.0 Å². The van der Waals surface area contributed by atoms with Crippen LogP contribution in [0.25, 0.3) is 0 Å². The largest absolute Gasteiger partial charge is 0.378 e. The van der Waals surface area contributed by atoms with Gasteiger partial charge in [-0.3, -0.25) is 4.79 Å². The zero-order valence-corrected chi connectivity index (χ0v) is 10.8. The van der Waals surface area contributed by atoms with Gasteiger partial charge >= 0.3 is 0 Å². The quantitative estimate of drug-likeness (QED) is 0.902. The number of ketones is 1. The van der Waals surface area contributed by atoms with Crippen LogP contribution in [-0.4, -0.2) is 31.1 Å². The van der Waals surface area contributed by atoms with E-state index in [-0.39, 0.29) is 36.0 Å². The summed E-state index contributed by atoms with van der Waals surface area (Å²) in [4.78, 5) is 12.3. The fourth-order valence-electron chi connectivity index (χ4n) is 3.07. The van der Waals surface area contributed by atoms with Crippen molar-refractivity contribution < 1.29 is 13.9 Å². The molecule has 3 rings (SSSR count). The number of fused-ring (bicyclic) bond motifs is 2. The van der Waals surface area contributed by atoms with Crippen LogP contribution in [0.4, 0.5) is 4.39 Å². The lowest BCUT2D eigenvalue weighted by Gasteiger charge is -2.39. The molecule has 4 heteroatoms. The third kappa shape index (κ3) is 2.85. The number of Topliss-reactive ketones (excluding diaryl/α,β-unsaturated/α-hetero) is 1. The first kappa shape index (κ1) is 12.8. The molecule has 0 spiro atoms. The smallest absolute Gasteiger partial charge is 0.140 e. The van der Waals surface area contributed by atoms with E-state index in [0.717, 1.165) is 12.8 Å². The van der Waals surface area contributed by atoms with Crippen molar-refractivity contribution in [3.05, 3.63) is 35.6 Å². The Kier molecular flexibility index (Phi) is 3.62. The SMILES string of the molecule is O=C(Cc1ccccc1F)C1CC2COCC(C1)N2. The molecule has 102 valence electrons. The summed E-state index contributed by atoms with van der Waals surface area (Å²) >= 11 is 0. The minimum atomic E-state index is -0.284. The van der Waals surface area contributed by atoms with Crippen molar-refractivity contribution in [1.29, 1.82) is 0 Å².